The third-order valence-corrected chi connectivity index (χ3v) is 3.93. The van der Waals surface area contributed by atoms with Crippen molar-refractivity contribution < 1.29 is 14.3 Å². The van der Waals surface area contributed by atoms with E-state index in [-0.39, 0.29) is 5.82 Å². The Balaban J connectivity index is 2.15. The second-order valence-electron chi connectivity index (χ2n) is 6.20. The Labute approximate surface area is 119 Å². The van der Waals surface area contributed by atoms with Gasteiger partial charge in [0.2, 0.25) is 0 Å². The Hall–Kier alpha value is -1.58. The van der Waals surface area contributed by atoms with Gasteiger partial charge in [0.25, 0.3) is 0 Å². The van der Waals surface area contributed by atoms with Gasteiger partial charge in [-0.15, -0.1) is 0 Å². The van der Waals surface area contributed by atoms with Crippen LogP contribution in [0.15, 0.2) is 18.2 Å². The quantitative estimate of drug-likeness (QED) is 0.917. The average molecular weight is 279 g/mol. The number of carboxylic acids is 1. The van der Waals surface area contributed by atoms with Gasteiger partial charge in [-0.25, -0.2) is 4.39 Å². The molecule has 0 aromatic heterocycles. The summed E-state index contributed by atoms with van der Waals surface area (Å²) in [6.07, 6.45) is 3.75. The number of aliphatic carboxylic acids is 1. The fraction of sp³-hybridized carbons (Fsp3) is 0.562. The summed E-state index contributed by atoms with van der Waals surface area (Å²) in [7, 11) is 0. The van der Waals surface area contributed by atoms with Crippen LogP contribution in [0.25, 0.3) is 0 Å². The SMILES string of the molecule is CC(C)(Cc1ccc(N2CCCCC2)c(F)c1)C(=O)O. The van der Waals surface area contributed by atoms with E-state index in [2.05, 4.69) is 4.90 Å². The van der Waals surface area contributed by atoms with Gasteiger partial charge in [0.15, 0.2) is 0 Å². The van der Waals surface area contributed by atoms with Gasteiger partial charge in [0.05, 0.1) is 11.1 Å². The standard InChI is InChI=1S/C16H22FNO2/c1-16(2,15(19)20)11-12-6-7-14(13(17)10-12)18-8-4-3-5-9-18/h6-7,10H,3-5,8-9,11H2,1-2H3,(H,19,20). The third kappa shape index (κ3) is 3.30. The fourth-order valence-electron chi connectivity index (χ4n) is 2.64. The molecule has 110 valence electrons. The third-order valence-electron chi connectivity index (χ3n) is 3.93. The van der Waals surface area contributed by atoms with Gasteiger partial charge in [0, 0.05) is 13.1 Å². The van der Waals surface area contributed by atoms with Gasteiger partial charge >= 0.3 is 5.97 Å². The summed E-state index contributed by atoms with van der Waals surface area (Å²) in [5.41, 5.74) is 0.497. The van der Waals surface area contributed by atoms with Crippen LogP contribution in [0, 0.1) is 11.2 Å². The van der Waals surface area contributed by atoms with Crippen molar-refractivity contribution in [3.05, 3.63) is 29.6 Å². The molecule has 0 saturated carbocycles. The molecule has 1 N–H and O–H groups in total. The zero-order valence-corrected chi connectivity index (χ0v) is 12.2. The van der Waals surface area contributed by atoms with E-state index in [0.29, 0.717) is 12.1 Å². The van der Waals surface area contributed by atoms with E-state index in [1.54, 1.807) is 19.9 Å². The predicted octanol–water partition coefficient (Wildman–Crippen LogP) is 3.47. The molecule has 0 atom stereocenters. The van der Waals surface area contributed by atoms with Crippen LogP contribution in [0.3, 0.4) is 0 Å². The maximum atomic E-state index is 14.2. The molecule has 20 heavy (non-hydrogen) atoms. The Morgan fingerprint density at radius 3 is 2.50 bits per heavy atom. The van der Waals surface area contributed by atoms with Gasteiger partial charge < -0.3 is 10.0 Å². The van der Waals surface area contributed by atoms with Crippen molar-refractivity contribution in [3.63, 3.8) is 0 Å². The highest BCUT2D eigenvalue weighted by Gasteiger charge is 2.27. The molecule has 0 radical (unpaired) electrons. The number of rotatable bonds is 4. The highest BCUT2D eigenvalue weighted by molar-refractivity contribution is 5.74. The molecule has 3 nitrogen and oxygen atoms in total. The summed E-state index contributed by atoms with van der Waals surface area (Å²) in [5.74, 6) is -1.11. The van der Waals surface area contributed by atoms with E-state index in [0.717, 1.165) is 31.5 Å². The molecule has 1 fully saturated rings. The van der Waals surface area contributed by atoms with Crippen molar-refractivity contribution in [1.82, 2.24) is 0 Å². The summed E-state index contributed by atoms with van der Waals surface area (Å²) in [5, 5.41) is 9.13. The summed E-state index contributed by atoms with van der Waals surface area (Å²) in [6.45, 7) is 5.12. The van der Waals surface area contributed by atoms with Gasteiger partial charge in [-0.05, 0) is 57.2 Å². The first-order valence-electron chi connectivity index (χ1n) is 7.17. The molecular weight excluding hydrogens is 257 g/mol. The lowest BCUT2D eigenvalue weighted by Gasteiger charge is -2.29. The lowest BCUT2D eigenvalue weighted by molar-refractivity contribution is -0.146. The molecule has 1 aliphatic rings. The molecule has 1 aliphatic heterocycles. The molecule has 2 rings (SSSR count). The largest absolute Gasteiger partial charge is 0.481 e. The zero-order valence-electron chi connectivity index (χ0n) is 12.2. The van der Waals surface area contributed by atoms with Crippen LogP contribution in [-0.2, 0) is 11.2 Å². The first-order valence-corrected chi connectivity index (χ1v) is 7.17. The van der Waals surface area contributed by atoms with Crippen molar-refractivity contribution in [1.29, 1.82) is 0 Å². The number of piperidine rings is 1. The number of benzene rings is 1. The second-order valence-corrected chi connectivity index (χ2v) is 6.20. The molecule has 1 aromatic carbocycles. The monoisotopic (exact) mass is 279 g/mol. The maximum absolute atomic E-state index is 14.2. The molecule has 1 heterocycles. The molecule has 1 saturated heterocycles. The zero-order chi connectivity index (χ0) is 14.8. The van der Waals surface area contributed by atoms with Crippen molar-refractivity contribution in [2.45, 2.75) is 39.5 Å². The molecule has 0 spiro atoms. The van der Waals surface area contributed by atoms with Crippen LogP contribution < -0.4 is 4.90 Å². The van der Waals surface area contributed by atoms with Crippen molar-refractivity contribution in [2.75, 3.05) is 18.0 Å². The smallest absolute Gasteiger partial charge is 0.309 e. The van der Waals surface area contributed by atoms with E-state index >= 15 is 0 Å². The van der Waals surface area contributed by atoms with Crippen molar-refractivity contribution in [2.24, 2.45) is 5.41 Å². The minimum atomic E-state index is -0.876. The number of carboxylic acid groups (broad SMARTS) is 1. The highest BCUT2D eigenvalue weighted by atomic mass is 19.1. The van der Waals surface area contributed by atoms with Gasteiger partial charge in [0.1, 0.15) is 5.82 Å². The topological polar surface area (TPSA) is 40.5 Å². The van der Waals surface area contributed by atoms with E-state index < -0.39 is 11.4 Å². The molecule has 1 aromatic rings. The molecule has 4 heteroatoms. The van der Waals surface area contributed by atoms with Crippen molar-refractivity contribution in [3.8, 4) is 0 Å². The normalized spacial score (nSPS) is 16.2. The Bertz CT molecular complexity index is 493. The minimum absolute atomic E-state index is 0.245. The Morgan fingerprint density at radius 2 is 1.95 bits per heavy atom. The molecule has 0 aliphatic carbocycles. The van der Waals surface area contributed by atoms with E-state index in [1.165, 1.54) is 12.5 Å². The minimum Gasteiger partial charge on any atom is -0.481 e. The maximum Gasteiger partial charge on any atom is 0.309 e. The number of carbonyl (C=O) groups is 1. The number of halogens is 1. The number of nitrogens with zero attached hydrogens (tertiary/aromatic N) is 1. The van der Waals surface area contributed by atoms with Crippen LogP contribution in [0.5, 0.6) is 0 Å². The van der Waals surface area contributed by atoms with E-state index in [1.807, 2.05) is 6.07 Å². The molecule has 0 amide bonds. The van der Waals surface area contributed by atoms with Crippen LogP contribution in [0.4, 0.5) is 10.1 Å². The van der Waals surface area contributed by atoms with E-state index in [9.17, 15) is 9.18 Å². The lowest BCUT2D eigenvalue weighted by atomic mass is 9.86. The first-order chi connectivity index (χ1) is 9.40. The Kier molecular flexibility index (Phi) is 4.31. The summed E-state index contributed by atoms with van der Waals surface area (Å²) < 4.78 is 14.2. The molecule has 0 bridgehead atoms. The van der Waals surface area contributed by atoms with Gasteiger partial charge in [-0.3, -0.25) is 4.79 Å². The number of anilines is 1. The average Bonchev–Trinajstić information content (AvgIpc) is 2.39. The van der Waals surface area contributed by atoms with Crippen molar-refractivity contribution >= 4 is 11.7 Å². The Morgan fingerprint density at radius 1 is 1.30 bits per heavy atom. The van der Waals surface area contributed by atoms with Crippen LogP contribution in [0.1, 0.15) is 38.7 Å². The predicted molar refractivity (Wildman–Crippen MR) is 77.6 cm³/mol. The molecule has 0 unspecified atom stereocenters. The van der Waals surface area contributed by atoms with Gasteiger partial charge in [-0.1, -0.05) is 6.07 Å². The second kappa shape index (κ2) is 5.81. The fourth-order valence-corrected chi connectivity index (χ4v) is 2.64. The first kappa shape index (κ1) is 14.8. The van der Waals surface area contributed by atoms with Crippen LogP contribution in [0.2, 0.25) is 0 Å². The lowest BCUT2D eigenvalue weighted by Crippen LogP contribution is -2.30. The van der Waals surface area contributed by atoms with Crippen LogP contribution >= 0.6 is 0 Å². The summed E-state index contributed by atoms with van der Waals surface area (Å²) >= 11 is 0. The van der Waals surface area contributed by atoms with E-state index in [4.69, 9.17) is 5.11 Å². The number of hydrogen-bond donors (Lipinski definition) is 1. The highest BCUT2D eigenvalue weighted by Crippen LogP contribution is 2.27. The molecular formula is C16H22FNO2. The number of hydrogen-bond acceptors (Lipinski definition) is 2. The van der Waals surface area contributed by atoms with Gasteiger partial charge in [-0.2, -0.15) is 0 Å². The summed E-state index contributed by atoms with van der Waals surface area (Å²) in [6, 6.07) is 5.11. The van der Waals surface area contributed by atoms with Crippen LogP contribution in [-0.4, -0.2) is 24.2 Å². The summed E-state index contributed by atoms with van der Waals surface area (Å²) in [4.78, 5) is 13.2.